The number of ether oxygens (including phenoxy) is 3. The van der Waals surface area contributed by atoms with Crippen LogP contribution in [0.5, 0.6) is 5.75 Å². The van der Waals surface area contributed by atoms with E-state index in [1.165, 1.54) is 0 Å². The topological polar surface area (TPSA) is 48.0 Å². The summed E-state index contributed by atoms with van der Waals surface area (Å²) in [7, 11) is 3.27. The number of carbonyl (C=O) groups is 1. The number of hydrogen-bond acceptors (Lipinski definition) is 4. The SMILES string of the molecule is COc1ccc(CN2C(=O)OC[C@@H]2[C@H](C)OC)cc1. The van der Waals surface area contributed by atoms with Gasteiger partial charge in [0, 0.05) is 13.7 Å². The Kier molecular flexibility index (Phi) is 4.27. The van der Waals surface area contributed by atoms with Crippen molar-refractivity contribution in [3.63, 3.8) is 0 Å². The Labute approximate surface area is 113 Å². The highest BCUT2D eigenvalue weighted by Crippen LogP contribution is 2.21. The first kappa shape index (κ1) is 13.7. The van der Waals surface area contributed by atoms with E-state index in [2.05, 4.69) is 0 Å². The molecule has 2 rings (SSSR count). The number of nitrogens with zero attached hydrogens (tertiary/aromatic N) is 1. The fraction of sp³-hybridized carbons (Fsp3) is 0.500. The molecule has 1 heterocycles. The van der Waals surface area contributed by atoms with Crippen LogP contribution in [0.4, 0.5) is 4.79 Å². The summed E-state index contributed by atoms with van der Waals surface area (Å²) < 4.78 is 15.5. The van der Waals surface area contributed by atoms with Crippen molar-refractivity contribution in [2.75, 3.05) is 20.8 Å². The molecule has 1 amide bonds. The van der Waals surface area contributed by atoms with Gasteiger partial charge in [0.2, 0.25) is 0 Å². The molecule has 0 radical (unpaired) electrons. The zero-order valence-electron chi connectivity index (χ0n) is 11.5. The first-order chi connectivity index (χ1) is 9.15. The third kappa shape index (κ3) is 2.98. The van der Waals surface area contributed by atoms with Gasteiger partial charge in [0.1, 0.15) is 12.4 Å². The van der Waals surface area contributed by atoms with E-state index in [0.29, 0.717) is 13.2 Å². The fourth-order valence-corrected chi connectivity index (χ4v) is 2.12. The average Bonchev–Trinajstić information content (AvgIpc) is 2.80. The summed E-state index contributed by atoms with van der Waals surface area (Å²) in [6.07, 6.45) is -0.339. The number of benzene rings is 1. The van der Waals surface area contributed by atoms with Gasteiger partial charge in [-0.25, -0.2) is 4.79 Å². The maximum Gasteiger partial charge on any atom is 0.410 e. The number of methoxy groups -OCH3 is 2. The molecule has 0 unspecified atom stereocenters. The predicted octanol–water partition coefficient (Wildman–Crippen LogP) is 2.05. The zero-order chi connectivity index (χ0) is 13.8. The van der Waals surface area contributed by atoms with Crippen molar-refractivity contribution in [1.82, 2.24) is 4.90 Å². The summed E-state index contributed by atoms with van der Waals surface area (Å²) in [5.74, 6) is 0.801. The van der Waals surface area contributed by atoms with Gasteiger partial charge in [-0.15, -0.1) is 0 Å². The minimum atomic E-state index is -0.287. The molecule has 1 aromatic rings. The second-order valence-corrected chi connectivity index (χ2v) is 4.56. The second-order valence-electron chi connectivity index (χ2n) is 4.56. The molecule has 0 saturated carbocycles. The quantitative estimate of drug-likeness (QED) is 0.817. The minimum Gasteiger partial charge on any atom is -0.497 e. The number of carbonyl (C=O) groups excluding carboxylic acids is 1. The van der Waals surface area contributed by atoms with Crippen molar-refractivity contribution in [3.8, 4) is 5.75 Å². The van der Waals surface area contributed by atoms with E-state index in [-0.39, 0.29) is 18.2 Å². The van der Waals surface area contributed by atoms with Crippen molar-refractivity contribution in [3.05, 3.63) is 29.8 Å². The number of hydrogen-bond donors (Lipinski definition) is 0. The summed E-state index contributed by atoms with van der Waals surface area (Å²) in [4.78, 5) is 13.5. The van der Waals surface area contributed by atoms with Crippen molar-refractivity contribution in [2.24, 2.45) is 0 Å². The van der Waals surface area contributed by atoms with Crippen LogP contribution in [0.2, 0.25) is 0 Å². The van der Waals surface area contributed by atoms with Crippen molar-refractivity contribution >= 4 is 6.09 Å². The van der Waals surface area contributed by atoms with Gasteiger partial charge in [-0.2, -0.15) is 0 Å². The standard InChI is InChI=1S/C14H19NO4/c1-10(17-2)13-9-19-14(16)15(13)8-11-4-6-12(18-3)7-5-11/h4-7,10,13H,8-9H2,1-3H3/t10-,13+/m0/s1. The van der Waals surface area contributed by atoms with Crippen LogP contribution in [0.15, 0.2) is 24.3 Å². The average molecular weight is 265 g/mol. The van der Waals surface area contributed by atoms with E-state index >= 15 is 0 Å². The van der Waals surface area contributed by atoms with Gasteiger partial charge in [0.05, 0.1) is 19.3 Å². The van der Waals surface area contributed by atoms with Crippen LogP contribution in [0.25, 0.3) is 0 Å². The van der Waals surface area contributed by atoms with Crippen LogP contribution < -0.4 is 4.74 Å². The highest BCUT2D eigenvalue weighted by atomic mass is 16.6. The lowest BCUT2D eigenvalue weighted by Crippen LogP contribution is -2.41. The third-order valence-electron chi connectivity index (χ3n) is 3.44. The Morgan fingerprint density at radius 1 is 1.37 bits per heavy atom. The Bertz CT molecular complexity index is 432. The number of amides is 1. The zero-order valence-corrected chi connectivity index (χ0v) is 11.5. The van der Waals surface area contributed by atoms with Gasteiger partial charge >= 0.3 is 6.09 Å². The molecule has 0 aliphatic carbocycles. The van der Waals surface area contributed by atoms with Crippen LogP contribution in [-0.4, -0.2) is 44.0 Å². The van der Waals surface area contributed by atoms with Crippen LogP contribution in [0.1, 0.15) is 12.5 Å². The van der Waals surface area contributed by atoms with E-state index in [4.69, 9.17) is 14.2 Å². The molecule has 1 aliphatic heterocycles. The predicted molar refractivity (Wildman–Crippen MR) is 70.1 cm³/mol. The maximum absolute atomic E-state index is 11.8. The summed E-state index contributed by atoms with van der Waals surface area (Å²) in [6.45, 7) is 2.83. The molecular weight excluding hydrogens is 246 g/mol. The molecule has 19 heavy (non-hydrogen) atoms. The molecule has 2 atom stereocenters. The lowest BCUT2D eigenvalue weighted by molar-refractivity contribution is 0.0521. The highest BCUT2D eigenvalue weighted by molar-refractivity contribution is 5.70. The largest absolute Gasteiger partial charge is 0.497 e. The van der Waals surface area contributed by atoms with Crippen LogP contribution in [0.3, 0.4) is 0 Å². The summed E-state index contributed by atoms with van der Waals surface area (Å²) in [6, 6.07) is 7.61. The van der Waals surface area contributed by atoms with Gasteiger partial charge in [-0.05, 0) is 24.6 Å². The molecule has 1 aromatic carbocycles. The van der Waals surface area contributed by atoms with Crippen molar-refractivity contribution in [2.45, 2.75) is 25.6 Å². The Hall–Kier alpha value is -1.75. The monoisotopic (exact) mass is 265 g/mol. The van der Waals surface area contributed by atoms with Crippen LogP contribution in [-0.2, 0) is 16.0 Å². The molecule has 0 bridgehead atoms. The first-order valence-electron chi connectivity index (χ1n) is 6.25. The van der Waals surface area contributed by atoms with Gasteiger partial charge in [0.15, 0.2) is 0 Å². The molecule has 1 aliphatic rings. The van der Waals surface area contributed by atoms with Gasteiger partial charge < -0.3 is 14.2 Å². The van der Waals surface area contributed by atoms with Crippen molar-refractivity contribution < 1.29 is 19.0 Å². The highest BCUT2D eigenvalue weighted by Gasteiger charge is 2.36. The lowest BCUT2D eigenvalue weighted by Gasteiger charge is -2.25. The summed E-state index contributed by atoms with van der Waals surface area (Å²) >= 11 is 0. The molecule has 104 valence electrons. The summed E-state index contributed by atoms with van der Waals surface area (Å²) in [5.41, 5.74) is 1.04. The molecule has 1 saturated heterocycles. The molecule has 0 aromatic heterocycles. The van der Waals surface area contributed by atoms with Crippen LogP contribution in [0, 0.1) is 0 Å². The Balaban J connectivity index is 2.08. The third-order valence-corrected chi connectivity index (χ3v) is 3.44. The molecular formula is C14H19NO4. The van der Waals surface area contributed by atoms with Gasteiger partial charge in [-0.1, -0.05) is 12.1 Å². The minimum absolute atomic E-state index is 0.0420. The van der Waals surface area contributed by atoms with Crippen molar-refractivity contribution in [1.29, 1.82) is 0 Å². The number of cyclic esters (lactones) is 1. The van der Waals surface area contributed by atoms with E-state index < -0.39 is 0 Å². The first-order valence-corrected chi connectivity index (χ1v) is 6.25. The molecule has 1 fully saturated rings. The molecule has 0 N–H and O–H groups in total. The normalized spacial score (nSPS) is 20.3. The molecule has 5 heteroatoms. The smallest absolute Gasteiger partial charge is 0.410 e. The fourth-order valence-electron chi connectivity index (χ4n) is 2.12. The van der Waals surface area contributed by atoms with Gasteiger partial charge in [0.25, 0.3) is 0 Å². The summed E-state index contributed by atoms with van der Waals surface area (Å²) in [5, 5.41) is 0. The molecule has 5 nitrogen and oxygen atoms in total. The van der Waals surface area contributed by atoms with E-state index in [1.54, 1.807) is 19.1 Å². The Morgan fingerprint density at radius 3 is 2.63 bits per heavy atom. The molecule has 0 spiro atoms. The van der Waals surface area contributed by atoms with E-state index in [0.717, 1.165) is 11.3 Å². The van der Waals surface area contributed by atoms with Gasteiger partial charge in [-0.3, -0.25) is 4.90 Å². The maximum atomic E-state index is 11.8. The van der Waals surface area contributed by atoms with E-state index in [1.807, 2.05) is 31.2 Å². The van der Waals surface area contributed by atoms with E-state index in [9.17, 15) is 4.79 Å². The Morgan fingerprint density at radius 2 is 2.05 bits per heavy atom. The van der Waals surface area contributed by atoms with Crippen LogP contribution >= 0.6 is 0 Å². The lowest BCUT2D eigenvalue weighted by atomic mass is 10.1. The second kappa shape index (κ2) is 5.93. The number of rotatable bonds is 5.